The number of thioether (sulfide) groups is 1. The molecule has 164 valence electrons. The van der Waals surface area contributed by atoms with E-state index in [1.807, 2.05) is 73.7 Å². The van der Waals surface area contributed by atoms with Crippen molar-refractivity contribution in [2.75, 3.05) is 16.3 Å². The Balaban J connectivity index is 1.52. The predicted octanol–water partition coefficient (Wildman–Crippen LogP) is 6.01. The number of hydrogen-bond donors (Lipinski definition) is 0. The number of para-hydroxylation sites is 1. The van der Waals surface area contributed by atoms with Gasteiger partial charge in [-0.25, -0.2) is 0 Å². The van der Waals surface area contributed by atoms with Crippen LogP contribution >= 0.6 is 35.6 Å². The number of anilines is 2. The third-order valence-electron chi connectivity index (χ3n) is 5.80. The van der Waals surface area contributed by atoms with Gasteiger partial charge in [-0.15, -0.1) is 0 Å². The van der Waals surface area contributed by atoms with Gasteiger partial charge in [0.25, 0.3) is 11.8 Å². The largest absolute Gasteiger partial charge is 0.307 e. The van der Waals surface area contributed by atoms with Crippen LogP contribution in [0.25, 0.3) is 5.57 Å². The minimum Gasteiger partial charge on any atom is -0.307 e. The second-order valence-electron chi connectivity index (χ2n) is 7.86. The van der Waals surface area contributed by atoms with Crippen molar-refractivity contribution in [2.24, 2.45) is 0 Å². The maximum absolute atomic E-state index is 13.6. The SMILES string of the molecule is Cc1ccc(N2C(=O)C(=C3C(=O)N(CCc4ccccc4)c4ccccc43)SC2=S)cc1Cl. The molecule has 0 aromatic heterocycles. The number of rotatable bonds is 4. The summed E-state index contributed by atoms with van der Waals surface area (Å²) >= 11 is 13.0. The Kier molecular flexibility index (Phi) is 5.83. The molecule has 0 radical (unpaired) electrons. The topological polar surface area (TPSA) is 40.6 Å². The molecule has 0 bridgehead atoms. The summed E-state index contributed by atoms with van der Waals surface area (Å²) < 4.78 is 0.385. The summed E-state index contributed by atoms with van der Waals surface area (Å²) in [6, 6.07) is 23.0. The van der Waals surface area contributed by atoms with Crippen LogP contribution in [-0.2, 0) is 16.0 Å². The second kappa shape index (κ2) is 8.78. The van der Waals surface area contributed by atoms with E-state index >= 15 is 0 Å². The predicted molar refractivity (Wildman–Crippen MR) is 140 cm³/mol. The molecule has 3 aromatic rings. The molecule has 0 atom stereocenters. The smallest absolute Gasteiger partial charge is 0.271 e. The van der Waals surface area contributed by atoms with E-state index in [4.69, 9.17) is 23.8 Å². The number of carbonyl (C=O) groups is 2. The number of aryl methyl sites for hydroxylation is 1. The average Bonchev–Trinajstić information content (AvgIpc) is 3.26. The van der Waals surface area contributed by atoms with Gasteiger partial charge in [-0.3, -0.25) is 14.5 Å². The van der Waals surface area contributed by atoms with Crippen molar-refractivity contribution in [1.82, 2.24) is 0 Å². The zero-order valence-electron chi connectivity index (χ0n) is 17.7. The van der Waals surface area contributed by atoms with Gasteiger partial charge >= 0.3 is 0 Å². The highest BCUT2D eigenvalue weighted by Gasteiger charge is 2.42. The van der Waals surface area contributed by atoms with E-state index in [9.17, 15) is 9.59 Å². The molecule has 2 amide bonds. The van der Waals surface area contributed by atoms with Gasteiger partial charge in [-0.1, -0.05) is 90.2 Å². The van der Waals surface area contributed by atoms with Crippen LogP contribution in [-0.4, -0.2) is 22.7 Å². The summed E-state index contributed by atoms with van der Waals surface area (Å²) in [5.41, 5.74) is 4.66. The molecule has 0 unspecified atom stereocenters. The summed E-state index contributed by atoms with van der Waals surface area (Å²) in [5.74, 6) is -0.470. The highest BCUT2D eigenvalue weighted by molar-refractivity contribution is 8.27. The summed E-state index contributed by atoms with van der Waals surface area (Å²) in [5, 5.41) is 0.559. The molecule has 1 saturated heterocycles. The van der Waals surface area contributed by atoms with Gasteiger partial charge in [0.1, 0.15) is 0 Å². The Hall–Kier alpha value is -2.93. The number of halogens is 1. The van der Waals surface area contributed by atoms with E-state index in [0.717, 1.165) is 40.6 Å². The van der Waals surface area contributed by atoms with Gasteiger partial charge in [0.15, 0.2) is 4.32 Å². The Morgan fingerprint density at radius 1 is 0.939 bits per heavy atom. The number of carbonyl (C=O) groups excluding carboxylic acids is 2. The Labute approximate surface area is 206 Å². The normalized spacial score (nSPS) is 17.8. The van der Waals surface area contributed by atoms with Gasteiger partial charge < -0.3 is 4.90 Å². The molecule has 33 heavy (non-hydrogen) atoms. The van der Waals surface area contributed by atoms with Gasteiger partial charge in [0, 0.05) is 17.1 Å². The fourth-order valence-corrected chi connectivity index (χ4v) is 5.61. The fraction of sp³-hybridized carbons (Fsp3) is 0.115. The van der Waals surface area contributed by atoms with E-state index in [2.05, 4.69) is 0 Å². The zero-order valence-corrected chi connectivity index (χ0v) is 20.1. The van der Waals surface area contributed by atoms with Crippen LogP contribution in [0, 0.1) is 6.92 Å². The molecule has 0 N–H and O–H groups in total. The number of fused-ring (bicyclic) bond motifs is 1. The molecule has 0 aliphatic carbocycles. The third-order valence-corrected chi connectivity index (χ3v) is 7.58. The molecular weight excluding hydrogens is 472 g/mol. The molecule has 5 rings (SSSR count). The maximum atomic E-state index is 13.6. The lowest BCUT2D eigenvalue weighted by Crippen LogP contribution is -2.30. The van der Waals surface area contributed by atoms with Crippen molar-refractivity contribution in [2.45, 2.75) is 13.3 Å². The van der Waals surface area contributed by atoms with E-state index < -0.39 is 0 Å². The first-order chi connectivity index (χ1) is 16.0. The quantitative estimate of drug-likeness (QED) is 0.331. The highest BCUT2D eigenvalue weighted by atomic mass is 35.5. The second-order valence-corrected chi connectivity index (χ2v) is 9.91. The molecular formula is C26H19ClN2O2S2. The van der Waals surface area contributed by atoms with Crippen LogP contribution in [0.15, 0.2) is 77.7 Å². The highest BCUT2D eigenvalue weighted by Crippen LogP contribution is 2.45. The van der Waals surface area contributed by atoms with Crippen molar-refractivity contribution in [3.05, 3.63) is 99.4 Å². The molecule has 3 aromatic carbocycles. The van der Waals surface area contributed by atoms with Crippen LogP contribution < -0.4 is 9.80 Å². The number of amides is 2. The Bertz CT molecular complexity index is 1340. The average molecular weight is 491 g/mol. The third kappa shape index (κ3) is 3.88. The van der Waals surface area contributed by atoms with Crippen molar-refractivity contribution >= 4 is 68.7 Å². The maximum Gasteiger partial charge on any atom is 0.271 e. The first kappa shape index (κ1) is 21.9. The number of benzene rings is 3. The molecule has 2 heterocycles. The van der Waals surface area contributed by atoms with Crippen molar-refractivity contribution in [3.63, 3.8) is 0 Å². The lowest BCUT2D eigenvalue weighted by Gasteiger charge is -2.17. The molecule has 4 nitrogen and oxygen atoms in total. The van der Waals surface area contributed by atoms with Gasteiger partial charge in [0.05, 0.1) is 21.9 Å². The summed E-state index contributed by atoms with van der Waals surface area (Å²) in [6.07, 6.45) is 0.719. The van der Waals surface area contributed by atoms with Gasteiger partial charge in [-0.05, 0) is 42.7 Å². The first-order valence-electron chi connectivity index (χ1n) is 10.5. The molecule has 2 aliphatic heterocycles. The van der Waals surface area contributed by atoms with E-state index in [0.29, 0.717) is 32.1 Å². The van der Waals surface area contributed by atoms with Crippen LogP contribution in [0.4, 0.5) is 11.4 Å². The van der Waals surface area contributed by atoms with E-state index in [1.54, 1.807) is 11.0 Å². The summed E-state index contributed by atoms with van der Waals surface area (Å²) in [7, 11) is 0. The lowest BCUT2D eigenvalue weighted by atomic mass is 10.1. The molecule has 2 aliphatic rings. The zero-order chi connectivity index (χ0) is 23.1. The van der Waals surface area contributed by atoms with Crippen LogP contribution in [0.3, 0.4) is 0 Å². The van der Waals surface area contributed by atoms with Crippen molar-refractivity contribution in [3.8, 4) is 0 Å². The summed E-state index contributed by atoms with van der Waals surface area (Å²) in [6.45, 7) is 2.42. The van der Waals surface area contributed by atoms with Gasteiger partial charge in [0.2, 0.25) is 0 Å². The van der Waals surface area contributed by atoms with Gasteiger partial charge in [-0.2, -0.15) is 0 Å². The number of hydrogen-bond acceptors (Lipinski definition) is 4. The molecule has 0 spiro atoms. The monoisotopic (exact) mass is 490 g/mol. The minimum absolute atomic E-state index is 0.172. The lowest BCUT2D eigenvalue weighted by molar-refractivity contribution is -0.115. The van der Waals surface area contributed by atoms with E-state index in [-0.39, 0.29) is 11.8 Å². The Morgan fingerprint density at radius 3 is 2.42 bits per heavy atom. The summed E-state index contributed by atoms with van der Waals surface area (Å²) in [4.78, 5) is 30.6. The minimum atomic E-state index is -0.298. The van der Waals surface area contributed by atoms with Crippen molar-refractivity contribution < 1.29 is 9.59 Å². The molecule has 1 fully saturated rings. The molecule has 7 heteroatoms. The van der Waals surface area contributed by atoms with Crippen LogP contribution in [0.2, 0.25) is 5.02 Å². The Morgan fingerprint density at radius 2 is 1.67 bits per heavy atom. The van der Waals surface area contributed by atoms with Crippen LogP contribution in [0.5, 0.6) is 0 Å². The molecule has 0 saturated carbocycles. The number of nitrogens with zero attached hydrogens (tertiary/aromatic N) is 2. The number of thiocarbonyl (C=S) groups is 1. The van der Waals surface area contributed by atoms with Crippen LogP contribution in [0.1, 0.15) is 16.7 Å². The fourth-order valence-electron chi connectivity index (χ4n) is 4.07. The standard InChI is InChI=1S/C26H19ClN2O2S2/c1-16-11-12-18(15-20(16)27)29-25(31)23(33-26(29)32)22-19-9-5-6-10-21(19)28(24(22)30)14-13-17-7-3-2-4-8-17/h2-12,15H,13-14H2,1H3. The van der Waals surface area contributed by atoms with E-state index in [1.165, 1.54) is 4.90 Å². The van der Waals surface area contributed by atoms with Crippen molar-refractivity contribution in [1.29, 1.82) is 0 Å². The first-order valence-corrected chi connectivity index (χ1v) is 12.1.